The Hall–Kier alpha value is -14.6. The number of nitrogens with zero attached hydrogens (tertiary/aromatic N) is 18. The number of hydrogen-bond donors (Lipinski definition) is 0. The average molecular weight is 2620 g/mol. The third kappa shape index (κ3) is 22.2. The van der Waals surface area contributed by atoms with Crippen molar-refractivity contribution >= 4 is 5.69 Å². The van der Waals surface area contributed by atoms with Crippen LogP contribution in [-0.4, -0.2) is 78.2 Å². The van der Waals surface area contributed by atoms with Crippen LogP contribution in [0.5, 0.6) is 0 Å². The van der Waals surface area contributed by atoms with Crippen molar-refractivity contribution in [3.05, 3.63) is 509 Å². The Morgan fingerprint density at radius 1 is 0.310 bits per heavy atom. The van der Waals surface area contributed by atoms with E-state index in [9.17, 15) is 49.2 Å². The second-order valence-electron chi connectivity index (χ2n) is 33.2. The van der Waals surface area contributed by atoms with E-state index in [2.05, 4.69) is 155 Å². The van der Waals surface area contributed by atoms with Gasteiger partial charge in [0.15, 0.2) is 0 Å². The number of nitriles is 1. The number of hydrogen-bond acceptors (Lipinski definition) is 9. The molecule has 20 aromatic rings. The first-order valence-electron chi connectivity index (χ1n) is 42.9. The van der Waals surface area contributed by atoms with Crippen molar-refractivity contribution in [1.29, 1.82) is 5.26 Å². The molecule has 142 heavy (non-hydrogen) atoms. The van der Waals surface area contributed by atoms with Crippen LogP contribution in [0.2, 0.25) is 0 Å². The van der Waals surface area contributed by atoms with Gasteiger partial charge in [0.1, 0.15) is 11.5 Å². The number of para-hydroxylation sites is 4. The molecule has 0 atom stereocenters. The van der Waals surface area contributed by atoms with Crippen molar-refractivity contribution in [3.8, 4) is 73.8 Å². The predicted molar refractivity (Wildman–Crippen MR) is 499 cm³/mol. The maximum Gasteiger partial charge on any atom is 2.00 e. The van der Waals surface area contributed by atoms with Crippen molar-refractivity contribution in [1.82, 2.24) is 78.2 Å². The summed E-state index contributed by atoms with van der Waals surface area (Å²) >= 11 is 0. The van der Waals surface area contributed by atoms with Crippen LogP contribution in [0.25, 0.3) is 72.6 Å². The third-order valence-electron chi connectivity index (χ3n) is 23.1. The number of halogens is 10. The fourth-order valence-corrected chi connectivity index (χ4v) is 15.9. The van der Waals surface area contributed by atoms with Gasteiger partial charge in [0.2, 0.25) is 5.69 Å². The van der Waals surface area contributed by atoms with Crippen molar-refractivity contribution < 1.29 is 128 Å². The molecule has 0 radical (unpaired) electrons. The average Bonchev–Trinajstić information content (AvgIpc) is 1.70. The van der Waals surface area contributed by atoms with E-state index in [1.165, 1.54) is 43.3 Å². The Morgan fingerprint density at radius 3 is 0.979 bits per heavy atom. The van der Waals surface area contributed by atoms with Gasteiger partial charge in [-0.25, -0.2) is 4.85 Å². The summed E-state index contributed by atoms with van der Waals surface area (Å²) in [4.78, 5) is 3.66. The smallest absolute Gasteiger partial charge is 0.284 e. The SMILES string of the molecule is CC(C)(c1ccn(-c2[c-]cc(F)cc2F)n1)c1ccn(-c2[c-]cc(F)cc2F)n1.CC(C)(c1nn(-c2[c-]cccc2)cc1-c1ccccc1)c1nn(-c2[c-]cccc2)cc1-c1ccccc1.FC(F)(F)c1c[c-]c(-n2ccc(C(c3ccccc3)(c3ccccc3)c3ccn(-c4[c-]cc(C(F)(F)F)cc4)n3)n2)cc1.[C-]#[N+]c1cn(-c2[c-]cccc2)nc1C(C)(C)c1nn(-c2[c-]cccc2)cc1C#N.[Pt+2].[Pt+2].[Pt+2].[Pt+2]. The minimum Gasteiger partial charge on any atom is -0.284 e. The summed E-state index contributed by atoms with van der Waals surface area (Å²) in [5.41, 5.74) is 11.1. The maximum atomic E-state index is 14.0. The first-order valence-corrected chi connectivity index (χ1v) is 42.9. The molecule has 0 saturated carbocycles. The van der Waals surface area contributed by atoms with E-state index in [4.69, 9.17) is 27.0 Å². The second kappa shape index (κ2) is 44.4. The molecule has 0 aliphatic carbocycles. The molecule has 20 rings (SSSR count). The molecular weight excluding hydrogens is 2540 g/mol. The molecule has 12 aromatic carbocycles. The molecule has 0 N–H and O–H groups in total. The molecule has 8 aromatic heterocycles. The van der Waals surface area contributed by atoms with E-state index in [-0.39, 0.29) is 95.6 Å². The number of alkyl halides is 6. The monoisotopic (exact) mass is 2620 g/mol. The van der Waals surface area contributed by atoms with Gasteiger partial charge in [-0.1, -0.05) is 132 Å². The zero-order valence-corrected chi connectivity index (χ0v) is 84.7. The van der Waals surface area contributed by atoms with Crippen molar-refractivity contribution in [2.45, 2.75) is 75.6 Å². The van der Waals surface area contributed by atoms with Gasteiger partial charge in [-0.05, 0) is 134 Å². The summed E-state index contributed by atoms with van der Waals surface area (Å²) in [5, 5.41) is 47.7. The third-order valence-corrected chi connectivity index (χ3v) is 23.1. The van der Waals surface area contributed by atoms with E-state index >= 15 is 0 Å². The van der Waals surface area contributed by atoms with E-state index in [1.54, 1.807) is 70.5 Å². The van der Waals surface area contributed by atoms with Crippen LogP contribution in [-0.2, 0) is 118 Å². The quantitative estimate of drug-likeness (QED) is 0.0532. The summed E-state index contributed by atoms with van der Waals surface area (Å²) in [6.45, 7) is 19.6. The minimum absolute atomic E-state index is 0. The standard InChI is InChI=1S/C33H20F6N4.C33H26N4.C23H16N6.C21H14F4N4.4Pt/c34-32(35,36)25-11-15-27(16-12-25)42-21-19-29(40-42)31(23-7-3-1-4-8-23,24-9-5-2-6-10-24)30-20-22-43(41-30)28-17-13-26(14-18-28)33(37,38)39;1-33(2,31-29(25-15-7-3-8-16-25)23-36(34-31)27-19-11-5-12-20-27)32-30(26-17-9-4-10-18-26)24-37(35-32)28-21-13-6-14-22-28;1-23(2,21-17(14-24)15-28(26-21)18-10-6-4-7-11-18)22-20(25-3)16-29(27-22)19-12-8-5-9-13-19;1-21(2,19-7-9-28(26-19)17-5-3-13(22)11-15(17)24)20-8-10-29(27-20)18-6-4-14(23)12-16(18)25;;;;/h1-15,17,19-22H;3-19,21,23-24H,1-2H3;4-10,12,15-16H,1-2H3;3-4,7-12H,1-2H3;;;;/q4*-2;4*+2. The van der Waals surface area contributed by atoms with Crippen LogP contribution < -0.4 is 0 Å². The van der Waals surface area contributed by atoms with Gasteiger partial charge in [-0.3, -0.25) is 55.0 Å². The van der Waals surface area contributed by atoms with Crippen molar-refractivity contribution in [3.63, 3.8) is 0 Å². The Bertz CT molecular complexity index is 7260. The van der Waals surface area contributed by atoms with Crippen molar-refractivity contribution in [2.75, 3.05) is 0 Å². The molecule has 0 aliphatic heterocycles. The summed E-state index contributed by atoms with van der Waals surface area (Å²) in [5.74, 6) is -3.03. The molecule has 0 amide bonds. The molecule has 0 aliphatic rings. The Kier molecular flexibility index (Phi) is 32.8. The first-order chi connectivity index (χ1) is 66.5. The van der Waals surface area contributed by atoms with Gasteiger partial charge in [0, 0.05) is 89.4 Å². The van der Waals surface area contributed by atoms with E-state index in [0.29, 0.717) is 56.8 Å². The first kappa shape index (κ1) is 105. The van der Waals surface area contributed by atoms with Gasteiger partial charge < -0.3 is 0 Å². The molecular formula is C110H76F10N18Pt4. The molecule has 716 valence electrons. The predicted octanol–water partition coefficient (Wildman–Crippen LogP) is 24.3. The van der Waals surface area contributed by atoms with Crippen LogP contribution in [0.4, 0.5) is 49.6 Å². The van der Waals surface area contributed by atoms with Crippen LogP contribution in [0.15, 0.2) is 353 Å². The molecule has 0 saturated heterocycles. The Morgan fingerprint density at radius 2 is 0.634 bits per heavy atom. The number of benzene rings is 12. The topological polar surface area (TPSA) is 171 Å². The minimum atomic E-state index is -4.50. The summed E-state index contributed by atoms with van der Waals surface area (Å²) in [6, 6.07) is 113. The summed E-state index contributed by atoms with van der Waals surface area (Å²) < 4.78 is 146. The fourth-order valence-electron chi connectivity index (χ4n) is 15.9. The van der Waals surface area contributed by atoms with Crippen molar-refractivity contribution in [2.24, 2.45) is 0 Å². The summed E-state index contributed by atoms with van der Waals surface area (Å²) in [6.07, 6.45) is 4.91. The van der Waals surface area contributed by atoms with Gasteiger partial charge in [-0.15, -0.1) is 60.7 Å². The van der Waals surface area contributed by atoms with Gasteiger partial charge in [0.05, 0.1) is 68.5 Å². The van der Waals surface area contributed by atoms with Gasteiger partial charge >= 0.3 is 96.6 Å². The van der Waals surface area contributed by atoms with E-state index in [1.807, 2.05) is 195 Å². The zero-order valence-electron chi connectivity index (χ0n) is 75.6. The van der Waals surface area contributed by atoms with Gasteiger partial charge in [-0.2, -0.15) is 218 Å². The number of aromatic nitrogens is 16. The van der Waals surface area contributed by atoms with Crippen LogP contribution >= 0.6 is 0 Å². The van der Waals surface area contributed by atoms with Crippen LogP contribution in [0, 0.1) is 89.7 Å². The number of rotatable bonds is 20. The van der Waals surface area contributed by atoms with E-state index < -0.39 is 68.4 Å². The zero-order chi connectivity index (χ0) is 96.7. The summed E-state index contributed by atoms with van der Waals surface area (Å²) in [7, 11) is 0. The Labute approximate surface area is 869 Å². The van der Waals surface area contributed by atoms with Crippen LogP contribution in [0.1, 0.15) is 115 Å². The second-order valence-corrected chi connectivity index (χ2v) is 33.2. The molecule has 0 unspecified atom stereocenters. The van der Waals surface area contributed by atoms with Crippen LogP contribution in [0.3, 0.4) is 0 Å². The Balaban J connectivity index is 0.000000160. The molecule has 18 nitrogen and oxygen atoms in total. The molecule has 32 heteroatoms. The molecule has 8 heterocycles. The molecule has 0 bridgehead atoms. The molecule has 0 spiro atoms. The maximum absolute atomic E-state index is 14.0. The molecule has 0 fully saturated rings. The normalized spacial score (nSPS) is 11.4. The van der Waals surface area contributed by atoms with Gasteiger partial charge in [0.25, 0.3) is 0 Å². The van der Waals surface area contributed by atoms with E-state index in [0.717, 1.165) is 116 Å². The largest absolute Gasteiger partial charge is 2.00 e. The fraction of sp³-hybridized carbons (Fsp3) is 0.109.